The van der Waals surface area contributed by atoms with Gasteiger partial charge in [0.25, 0.3) is 0 Å². The summed E-state index contributed by atoms with van der Waals surface area (Å²) in [7, 11) is 0. The molecular weight excluding hydrogens is 268 g/mol. The van der Waals surface area contributed by atoms with Crippen molar-refractivity contribution in [2.75, 3.05) is 37.6 Å². The number of thiocarbonyl (C=S) groups is 1. The molecule has 0 aromatic heterocycles. The summed E-state index contributed by atoms with van der Waals surface area (Å²) in [5.74, 6) is -1.82. The van der Waals surface area contributed by atoms with Crippen LogP contribution in [0.5, 0.6) is 0 Å². The van der Waals surface area contributed by atoms with Gasteiger partial charge in [0.05, 0.1) is 5.69 Å². The van der Waals surface area contributed by atoms with Crippen LogP contribution in [0.15, 0.2) is 12.1 Å². The van der Waals surface area contributed by atoms with Crippen molar-refractivity contribution in [3.8, 4) is 0 Å². The largest absolute Gasteiger partial charge is 0.389 e. The second-order valence-corrected chi connectivity index (χ2v) is 4.99. The second kappa shape index (κ2) is 5.79. The van der Waals surface area contributed by atoms with Gasteiger partial charge in [0.15, 0.2) is 11.6 Å². The second-order valence-electron chi connectivity index (χ2n) is 4.55. The number of hydrogen-bond acceptors (Lipinski definition) is 3. The molecule has 1 aromatic rings. The van der Waals surface area contributed by atoms with Crippen LogP contribution in [0.3, 0.4) is 0 Å². The lowest BCUT2D eigenvalue weighted by Crippen LogP contribution is -2.46. The molecule has 0 radical (unpaired) electrons. The van der Waals surface area contributed by atoms with Crippen LogP contribution in [-0.4, -0.2) is 42.6 Å². The molecule has 0 aliphatic carbocycles. The first-order valence-corrected chi connectivity index (χ1v) is 6.70. The maximum absolute atomic E-state index is 14.0. The van der Waals surface area contributed by atoms with Crippen molar-refractivity contribution in [3.05, 3.63) is 29.3 Å². The molecule has 1 aromatic carbocycles. The van der Waals surface area contributed by atoms with Gasteiger partial charge in [-0.3, -0.25) is 0 Å². The van der Waals surface area contributed by atoms with Gasteiger partial charge in [0.1, 0.15) is 4.99 Å². The highest BCUT2D eigenvalue weighted by molar-refractivity contribution is 7.80. The van der Waals surface area contributed by atoms with Crippen LogP contribution in [0.2, 0.25) is 0 Å². The van der Waals surface area contributed by atoms with E-state index in [-0.39, 0.29) is 16.2 Å². The third kappa shape index (κ3) is 2.84. The van der Waals surface area contributed by atoms with E-state index in [0.29, 0.717) is 13.1 Å². The Hall–Kier alpha value is -1.27. The van der Waals surface area contributed by atoms with E-state index in [1.54, 1.807) is 6.07 Å². The summed E-state index contributed by atoms with van der Waals surface area (Å²) in [5, 5.41) is 0. The number of rotatable bonds is 3. The van der Waals surface area contributed by atoms with Gasteiger partial charge in [-0.15, -0.1) is 0 Å². The monoisotopic (exact) mass is 285 g/mol. The summed E-state index contributed by atoms with van der Waals surface area (Å²) >= 11 is 4.69. The quantitative estimate of drug-likeness (QED) is 0.858. The van der Waals surface area contributed by atoms with Crippen LogP contribution >= 0.6 is 12.2 Å². The van der Waals surface area contributed by atoms with Gasteiger partial charge >= 0.3 is 0 Å². The van der Waals surface area contributed by atoms with Crippen LogP contribution in [-0.2, 0) is 0 Å². The predicted molar refractivity (Wildman–Crippen MR) is 76.6 cm³/mol. The molecule has 1 fully saturated rings. The number of anilines is 1. The number of nitrogens with zero attached hydrogens (tertiary/aromatic N) is 2. The molecule has 1 heterocycles. The molecule has 3 nitrogen and oxygen atoms in total. The topological polar surface area (TPSA) is 32.5 Å². The van der Waals surface area contributed by atoms with Crippen LogP contribution in [0.4, 0.5) is 14.5 Å². The first-order chi connectivity index (χ1) is 9.04. The lowest BCUT2D eigenvalue weighted by molar-refractivity contribution is 0.270. The van der Waals surface area contributed by atoms with Gasteiger partial charge in [-0.05, 0) is 18.7 Å². The fourth-order valence-electron chi connectivity index (χ4n) is 2.28. The normalized spacial score (nSPS) is 16.7. The smallest absolute Gasteiger partial charge is 0.182 e. The van der Waals surface area contributed by atoms with Crippen LogP contribution < -0.4 is 10.6 Å². The van der Waals surface area contributed by atoms with E-state index < -0.39 is 11.6 Å². The first-order valence-electron chi connectivity index (χ1n) is 6.29. The average molecular weight is 285 g/mol. The Labute approximate surface area is 117 Å². The van der Waals surface area contributed by atoms with Gasteiger partial charge in [0.2, 0.25) is 0 Å². The fourth-order valence-corrected chi connectivity index (χ4v) is 2.44. The van der Waals surface area contributed by atoms with Crippen molar-refractivity contribution in [2.24, 2.45) is 5.73 Å². The molecule has 1 aliphatic rings. The maximum atomic E-state index is 14.0. The molecule has 0 spiro atoms. The minimum absolute atomic E-state index is 0.0385. The molecule has 0 saturated carbocycles. The first kappa shape index (κ1) is 14.1. The molecule has 6 heteroatoms. The third-order valence-electron chi connectivity index (χ3n) is 3.49. The Morgan fingerprint density at radius 1 is 1.21 bits per heavy atom. The Kier molecular flexibility index (Phi) is 4.31. The van der Waals surface area contributed by atoms with Gasteiger partial charge in [-0.25, -0.2) is 8.78 Å². The number of likely N-dealkylation sites (N-methyl/N-ethyl adjacent to an activating group) is 1. The molecule has 1 aliphatic heterocycles. The van der Waals surface area contributed by atoms with Crippen molar-refractivity contribution in [3.63, 3.8) is 0 Å². The summed E-state index contributed by atoms with van der Waals surface area (Å²) in [6.07, 6.45) is 0. The molecule has 0 amide bonds. The van der Waals surface area contributed by atoms with E-state index in [2.05, 4.69) is 11.8 Å². The molecule has 104 valence electrons. The summed E-state index contributed by atoms with van der Waals surface area (Å²) in [5.41, 5.74) is 5.60. The van der Waals surface area contributed by atoms with E-state index in [4.69, 9.17) is 18.0 Å². The van der Waals surface area contributed by atoms with Crippen LogP contribution in [0.25, 0.3) is 0 Å². The Morgan fingerprint density at radius 2 is 1.84 bits per heavy atom. The van der Waals surface area contributed by atoms with Crippen molar-refractivity contribution in [1.82, 2.24) is 4.90 Å². The lowest BCUT2D eigenvalue weighted by Gasteiger charge is -2.35. The van der Waals surface area contributed by atoms with Gasteiger partial charge in [-0.2, -0.15) is 0 Å². The van der Waals surface area contributed by atoms with E-state index in [1.165, 1.54) is 6.07 Å². The number of nitrogens with two attached hydrogens (primary N) is 1. The molecule has 2 N–H and O–H groups in total. The van der Waals surface area contributed by atoms with Crippen LogP contribution in [0.1, 0.15) is 12.5 Å². The molecule has 19 heavy (non-hydrogen) atoms. The molecule has 0 bridgehead atoms. The van der Waals surface area contributed by atoms with Crippen molar-refractivity contribution < 1.29 is 8.78 Å². The van der Waals surface area contributed by atoms with Crippen molar-refractivity contribution in [1.29, 1.82) is 0 Å². The predicted octanol–water partition coefficient (Wildman–Crippen LogP) is 1.74. The summed E-state index contributed by atoms with van der Waals surface area (Å²) < 4.78 is 27.9. The van der Waals surface area contributed by atoms with E-state index >= 15 is 0 Å². The maximum Gasteiger partial charge on any atom is 0.182 e. The summed E-state index contributed by atoms with van der Waals surface area (Å²) in [4.78, 5) is 4.00. The van der Waals surface area contributed by atoms with E-state index in [9.17, 15) is 8.78 Å². The number of hydrogen-bond donors (Lipinski definition) is 1. The zero-order chi connectivity index (χ0) is 14.0. The molecule has 0 atom stereocenters. The Bertz CT molecular complexity index is 485. The van der Waals surface area contributed by atoms with Crippen LogP contribution in [0, 0.1) is 11.6 Å². The van der Waals surface area contributed by atoms with Gasteiger partial charge in [0, 0.05) is 31.7 Å². The third-order valence-corrected chi connectivity index (χ3v) is 3.71. The number of halogens is 2. The highest BCUT2D eigenvalue weighted by Crippen LogP contribution is 2.25. The standard InChI is InChI=1S/C13H17F2N3S/c1-2-17-5-7-18(8-6-17)10-4-3-9(13(16)19)11(14)12(10)15/h3-4H,2,5-8H2,1H3,(H2,16,19). The SMILES string of the molecule is CCN1CCN(c2ccc(C(N)=S)c(F)c2F)CC1. The summed E-state index contributed by atoms with van der Waals surface area (Å²) in [6, 6.07) is 3.00. The highest BCUT2D eigenvalue weighted by Gasteiger charge is 2.22. The fraction of sp³-hybridized carbons (Fsp3) is 0.462. The molecule has 0 unspecified atom stereocenters. The van der Waals surface area contributed by atoms with E-state index in [0.717, 1.165) is 19.6 Å². The van der Waals surface area contributed by atoms with Crippen molar-refractivity contribution in [2.45, 2.75) is 6.92 Å². The molecule has 2 rings (SSSR count). The molecule has 1 saturated heterocycles. The highest BCUT2D eigenvalue weighted by atomic mass is 32.1. The number of piperazine rings is 1. The number of benzene rings is 1. The van der Waals surface area contributed by atoms with Crippen molar-refractivity contribution >= 4 is 22.9 Å². The van der Waals surface area contributed by atoms with E-state index in [1.807, 2.05) is 4.90 Å². The molecular formula is C13H17F2N3S. The van der Waals surface area contributed by atoms with Gasteiger partial charge in [-0.1, -0.05) is 19.1 Å². The van der Waals surface area contributed by atoms with Gasteiger partial charge < -0.3 is 15.5 Å². The minimum Gasteiger partial charge on any atom is -0.389 e. The lowest BCUT2D eigenvalue weighted by atomic mass is 10.1. The average Bonchev–Trinajstić information content (AvgIpc) is 2.41. The zero-order valence-corrected chi connectivity index (χ0v) is 11.6. The Balaban J connectivity index is 2.22. The zero-order valence-electron chi connectivity index (χ0n) is 10.8. The minimum atomic E-state index is -0.956. The summed E-state index contributed by atoms with van der Waals surface area (Å²) in [6.45, 7) is 6.16. The Morgan fingerprint density at radius 3 is 2.37 bits per heavy atom.